The summed E-state index contributed by atoms with van der Waals surface area (Å²) in [5.74, 6) is -3.29. The molecule has 7 nitrogen and oxygen atoms in total. The second-order valence-corrected chi connectivity index (χ2v) is 9.43. The van der Waals surface area contributed by atoms with Gasteiger partial charge in [-0.1, -0.05) is 44.2 Å². The molecule has 2 aromatic heterocycles. The molecule has 1 N–H and O–H groups in total. The fraction of sp³-hybridized carbons (Fsp3) is 0.321. The van der Waals surface area contributed by atoms with Crippen molar-refractivity contribution < 1.29 is 41.1 Å². The van der Waals surface area contributed by atoms with Gasteiger partial charge in [0, 0.05) is 24.3 Å². The predicted molar refractivity (Wildman–Crippen MR) is 141 cm³/mol. The van der Waals surface area contributed by atoms with E-state index in [1.165, 1.54) is 6.07 Å². The van der Waals surface area contributed by atoms with Gasteiger partial charge < -0.3 is 24.1 Å². The van der Waals surface area contributed by atoms with Crippen LogP contribution in [0.3, 0.4) is 0 Å². The van der Waals surface area contributed by atoms with E-state index in [1.807, 2.05) is 32.0 Å². The third-order valence-electron chi connectivity index (χ3n) is 6.49. The topological polar surface area (TPSA) is 75.0 Å². The standard InChI is InChI=1S/C26H20F4N2O5S.C2H6/c27-15-6-14(34-10-13-4-2-1-3-5-13)7-16(28)23(15)24-17(29)8-19-18(31-24)9-22(32(19)38-30)37-21-12-36-25-20(33)11-35-26(21)25;1-2/h1-9,20-21,25-26,33H,10-12H2;1-2H3/t20-,21-,25?,26-;/m1./s1. The number of fused-ring (bicyclic) bond motifs is 2. The highest BCUT2D eigenvalue weighted by molar-refractivity contribution is 7.93. The summed E-state index contributed by atoms with van der Waals surface area (Å²) < 4.78 is 82.4. The van der Waals surface area contributed by atoms with E-state index in [0.717, 1.165) is 27.7 Å². The van der Waals surface area contributed by atoms with Crippen molar-refractivity contribution in [2.24, 2.45) is 0 Å². The number of nitrogens with zero attached hydrogens (tertiary/aromatic N) is 2. The molecule has 0 bridgehead atoms. The zero-order valence-corrected chi connectivity index (χ0v) is 22.3. The highest BCUT2D eigenvalue weighted by atomic mass is 32.2. The molecule has 0 aliphatic carbocycles. The molecule has 2 fully saturated rings. The zero-order chi connectivity index (χ0) is 28.4. The van der Waals surface area contributed by atoms with Crippen LogP contribution in [0, 0.1) is 17.5 Å². The van der Waals surface area contributed by atoms with Gasteiger partial charge in [0.1, 0.15) is 48.0 Å². The summed E-state index contributed by atoms with van der Waals surface area (Å²) in [7, 11) is 0. The quantitative estimate of drug-likeness (QED) is 0.269. The van der Waals surface area contributed by atoms with Gasteiger partial charge in [0.25, 0.3) is 0 Å². The van der Waals surface area contributed by atoms with Crippen molar-refractivity contribution in [1.82, 2.24) is 8.96 Å². The second kappa shape index (κ2) is 12.0. The average Bonchev–Trinajstić information content (AvgIpc) is 3.63. The Morgan fingerprint density at radius 3 is 2.38 bits per heavy atom. The molecule has 0 spiro atoms. The van der Waals surface area contributed by atoms with Crippen LogP contribution < -0.4 is 9.47 Å². The lowest BCUT2D eigenvalue weighted by molar-refractivity contribution is 0.00776. The van der Waals surface area contributed by atoms with E-state index >= 15 is 13.2 Å². The van der Waals surface area contributed by atoms with E-state index < -0.39 is 53.1 Å². The summed E-state index contributed by atoms with van der Waals surface area (Å²) in [6, 6.07) is 13.2. The first-order valence-corrected chi connectivity index (χ1v) is 13.4. The van der Waals surface area contributed by atoms with Crippen molar-refractivity contribution >= 4 is 23.4 Å². The SMILES string of the molecule is CC.O[C@@H]1CO[C@H]2C1OC[C@H]2Oc1cc2nc(-c3c(F)cc(OCc4ccccc4)cc3F)c(F)cc2n1SF. The van der Waals surface area contributed by atoms with Crippen molar-refractivity contribution in [3.63, 3.8) is 0 Å². The lowest BCUT2D eigenvalue weighted by Crippen LogP contribution is -2.34. The fourth-order valence-corrected chi connectivity index (χ4v) is 5.07. The first-order valence-electron chi connectivity index (χ1n) is 12.7. The van der Waals surface area contributed by atoms with Gasteiger partial charge in [-0.05, 0) is 5.56 Å². The molecule has 212 valence electrons. The molecule has 1 unspecified atom stereocenters. The number of aromatic nitrogens is 2. The Bertz CT molecular complexity index is 1470. The number of aliphatic hydroxyl groups excluding tert-OH is 1. The minimum atomic E-state index is -1.07. The van der Waals surface area contributed by atoms with Gasteiger partial charge in [-0.25, -0.2) is 22.1 Å². The van der Waals surface area contributed by atoms with Crippen LogP contribution in [0.4, 0.5) is 17.1 Å². The summed E-state index contributed by atoms with van der Waals surface area (Å²) in [5, 5.41) is 9.92. The zero-order valence-electron chi connectivity index (χ0n) is 21.5. The second-order valence-electron chi connectivity index (χ2n) is 8.92. The van der Waals surface area contributed by atoms with E-state index in [9.17, 15) is 8.99 Å². The Morgan fingerprint density at radius 1 is 0.975 bits per heavy atom. The molecule has 0 amide bonds. The molecule has 2 aliphatic heterocycles. The molecule has 0 saturated carbocycles. The first kappa shape index (κ1) is 28.2. The Morgan fingerprint density at radius 2 is 1.68 bits per heavy atom. The van der Waals surface area contributed by atoms with Crippen molar-refractivity contribution in [2.75, 3.05) is 13.2 Å². The molecule has 4 atom stereocenters. The summed E-state index contributed by atoms with van der Waals surface area (Å²) in [5.41, 5.74) is -0.409. The van der Waals surface area contributed by atoms with E-state index in [4.69, 9.17) is 18.9 Å². The van der Waals surface area contributed by atoms with Gasteiger partial charge in [-0.3, -0.25) is 0 Å². The summed E-state index contributed by atoms with van der Waals surface area (Å²) in [6.07, 6.45) is -2.58. The number of aliphatic hydroxyl groups is 1. The molecule has 2 aliphatic rings. The van der Waals surface area contributed by atoms with E-state index in [2.05, 4.69) is 4.98 Å². The van der Waals surface area contributed by atoms with Crippen molar-refractivity contribution in [3.05, 3.63) is 77.6 Å². The van der Waals surface area contributed by atoms with E-state index in [-0.39, 0.29) is 54.8 Å². The van der Waals surface area contributed by atoms with E-state index in [1.54, 1.807) is 12.1 Å². The Kier molecular flexibility index (Phi) is 8.50. The molecule has 2 saturated heterocycles. The molecular formula is C28H26F4N2O5S. The normalized spacial score (nSPS) is 21.7. The van der Waals surface area contributed by atoms with Crippen LogP contribution in [0.5, 0.6) is 11.6 Å². The lowest BCUT2D eigenvalue weighted by Gasteiger charge is -2.17. The molecule has 12 heteroatoms. The van der Waals surface area contributed by atoms with Crippen LogP contribution >= 0.6 is 12.3 Å². The minimum Gasteiger partial charge on any atom is -0.489 e. The van der Waals surface area contributed by atoms with Crippen LogP contribution in [0.15, 0.2) is 54.6 Å². The number of rotatable bonds is 7. The number of hydrogen-bond donors (Lipinski definition) is 1. The monoisotopic (exact) mass is 578 g/mol. The third-order valence-corrected chi connectivity index (χ3v) is 7.00. The van der Waals surface area contributed by atoms with Crippen molar-refractivity contribution in [3.8, 4) is 22.9 Å². The first-order chi connectivity index (χ1) is 19.4. The number of benzene rings is 2. The molecule has 2 aromatic carbocycles. The predicted octanol–water partition coefficient (Wildman–Crippen LogP) is 6.01. The van der Waals surface area contributed by atoms with Gasteiger partial charge in [-0.15, -0.1) is 3.89 Å². The summed E-state index contributed by atoms with van der Waals surface area (Å²) in [4.78, 5) is 4.09. The largest absolute Gasteiger partial charge is 0.489 e. The molecule has 6 rings (SSSR count). The highest BCUT2D eigenvalue weighted by Gasteiger charge is 2.48. The van der Waals surface area contributed by atoms with Crippen LogP contribution in [0.1, 0.15) is 19.4 Å². The van der Waals surface area contributed by atoms with E-state index in [0.29, 0.717) is 0 Å². The van der Waals surface area contributed by atoms with Gasteiger partial charge in [0.15, 0.2) is 24.3 Å². The fourth-order valence-electron chi connectivity index (χ4n) is 4.69. The Labute approximate surface area is 232 Å². The highest BCUT2D eigenvalue weighted by Crippen LogP contribution is 2.37. The smallest absolute Gasteiger partial charge is 0.209 e. The average molecular weight is 579 g/mol. The number of ether oxygens (including phenoxy) is 4. The van der Waals surface area contributed by atoms with Crippen LogP contribution in [-0.2, 0) is 16.1 Å². The maximum Gasteiger partial charge on any atom is 0.209 e. The molecule has 4 heterocycles. The van der Waals surface area contributed by atoms with Gasteiger partial charge >= 0.3 is 0 Å². The minimum absolute atomic E-state index is 0.000205. The Hall–Kier alpha value is -3.32. The molecule has 4 aromatic rings. The lowest BCUT2D eigenvalue weighted by atomic mass is 10.1. The summed E-state index contributed by atoms with van der Waals surface area (Å²) >= 11 is -0.248. The van der Waals surface area contributed by atoms with Gasteiger partial charge in [0.2, 0.25) is 5.88 Å². The van der Waals surface area contributed by atoms with Crippen LogP contribution in [0.2, 0.25) is 0 Å². The number of hydrogen-bond acceptors (Lipinski definition) is 7. The van der Waals surface area contributed by atoms with Crippen molar-refractivity contribution in [2.45, 2.75) is 44.9 Å². The maximum atomic E-state index is 15.1. The molecule has 0 radical (unpaired) electrons. The van der Waals surface area contributed by atoms with Gasteiger partial charge in [-0.2, -0.15) is 0 Å². The Balaban J connectivity index is 0.00000158. The molecular weight excluding hydrogens is 552 g/mol. The van der Waals surface area contributed by atoms with Crippen LogP contribution in [-0.4, -0.2) is 51.7 Å². The maximum absolute atomic E-state index is 15.1. The summed E-state index contributed by atoms with van der Waals surface area (Å²) in [6.45, 7) is 4.26. The molecule has 40 heavy (non-hydrogen) atoms. The third kappa shape index (κ3) is 5.36. The number of halogens is 4. The van der Waals surface area contributed by atoms with Crippen LogP contribution in [0.25, 0.3) is 22.3 Å². The number of pyridine rings is 1. The van der Waals surface area contributed by atoms with Crippen molar-refractivity contribution in [1.29, 1.82) is 0 Å². The van der Waals surface area contributed by atoms with Gasteiger partial charge in [0.05, 0.1) is 29.8 Å².